The number of sulfonamides is 1. The van der Waals surface area contributed by atoms with Crippen LogP contribution in [0.25, 0.3) is 6.08 Å². The number of benzene rings is 1. The SMILES string of the molecule is CCOCCOc1ccc(CCNC(=O)C=Cc2cccs2)cc1S(=O)(=O)N(S)C(=O)NC. The number of hydrogen-bond donors (Lipinski definition) is 3. The molecule has 0 fully saturated rings. The monoisotopic (exact) mass is 513 g/mol. The van der Waals surface area contributed by atoms with Crippen LogP contribution in [0.15, 0.2) is 46.7 Å². The van der Waals surface area contributed by atoms with E-state index in [0.29, 0.717) is 22.3 Å². The van der Waals surface area contributed by atoms with E-state index in [2.05, 4.69) is 23.4 Å². The van der Waals surface area contributed by atoms with Crippen molar-refractivity contribution in [3.63, 3.8) is 0 Å². The second-order valence-electron chi connectivity index (χ2n) is 6.52. The third-order valence-corrected chi connectivity index (χ3v) is 7.41. The first-order valence-corrected chi connectivity index (χ1v) is 12.8. The fourth-order valence-electron chi connectivity index (χ4n) is 2.61. The predicted molar refractivity (Wildman–Crippen MR) is 131 cm³/mol. The van der Waals surface area contributed by atoms with Gasteiger partial charge in [-0.3, -0.25) is 4.79 Å². The summed E-state index contributed by atoms with van der Waals surface area (Å²) < 4.78 is 37.1. The Morgan fingerprint density at radius 2 is 2.03 bits per heavy atom. The summed E-state index contributed by atoms with van der Waals surface area (Å²) in [4.78, 5) is 24.6. The number of thiophene rings is 1. The average Bonchev–Trinajstić information content (AvgIpc) is 3.33. The van der Waals surface area contributed by atoms with Gasteiger partial charge in [-0.2, -0.15) is 12.1 Å². The summed E-state index contributed by atoms with van der Waals surface area (Å²) in [6.45, 7) is 3.04. The fraction of sp³-hybridized carbons (Fsp3) is 0.333. The average molecular weight is 514 g/mol. The normalized spacial score (nSPS) is 11.4. The number of nitrogens with zero attached hydrogens (tertiary/aromatic N) is 1. The van der Waals surface area contributed by atoms with Crippen molar-refractivity contribution in [2.75, 3.05) is 33.4 Å². The van der Waals surface area contributed by atoms with Gasteiger partial charge in [-0.15, -0.1) is 11.3 Å². The molecule has 0 unspecified atom stereocenters. The molecule has 0 radical (unpaired) electrons. The van der Waals surface area contributed by atoms with Crippen molar-refractivity contribution in [2.45, 2.75) is 18.2 Å². The van der Waals surface area contributed by atoms with Crippen LogP contribution < -0.4 is 15.4 Å². The Morgan fingerprint density at radius 1 is 1.24 bits per heavy atom. The van der Waals surface area contributed by atoms with Gasteiger partial charge in [0.05, 0.1) is 6.61 Å². The molecule has 0 aliphatic carbocycles. The minimum atomic E-state index is -4.30. The number of carbonyl (C=O) groups excluding carboxylic acids is 2. The summed E-state index contributed by atoms with van der Waals surface area (Å²) in [7, 11) is -3.00. The maximum atomic E-state index is 13.0. The van der Waals surface area contributed by atoms with Gasteiger partial charge in [-0.1, -0.05) is 12.1 Å². The molecule has 9 nitrogen and oxygen atoms in total. The van der Waals surface area contributed by atoms with Crippen LogP contribution in [0.4, 0.5) is 4.79 Å². The van der Waals surface area contributed by atoms with E-state index in [1.165, 1.54) is 36.6 Å². The Morgan fingerprint density at radius 3 is 2.70 bits per heavy atom. The summed E-state index contributed by atoms with van der Waals surface area (Å²) >= 11 is 5.36. The van der Waals surface area contributed by atoms with E-state index in [0.717, 1.165) is 4.88 Å². The number of amides is 3. The van der Waals surface area contributed by atoms with Crippen molar-refractivity contribution >= 4 is 52.2 Å². The van der Waals surface area contributed by atoms with E-state index in [-0.39, 0.29) is 36.3 Å². The lowest BCUT2D eigenvalue weighted by Crippen LogP contribution is -2.36. The molecule has 0 atom stereocenters. The van der Waals surface area contributed by atoms with Crippen LogP contribution in [0.1, 0.15) is 17.4 Å². The summed E-state index contributed by atoms with van der Waals surface area (Å²) in [6.07, 6.45) is 3.53. The third-order valence-electron chi connectivity index (χ3n) is 4.25. The topological polar surface area (TPSA) is 114 Å². The summed E-state index contributed by atoms with van der Waals surface area (Å²) in [5.41, 5.74) is 0.631. The number of carbonyl (C=O) groups is 2. The molecule has 0 spiro atoms. The predicted octanol–water partition coefficient (Wildman–Crippen LogP) is 2.71. The first-order chi connectivity index (χ1) is 15.8. The molecule has 2 N–H and O–H groups in total. The van der Waals surface area contributed by atoms with Crippen molar-refractivity contribution < 1.29 is 27.5 Å². The molecule has 0 saturated heterocycles. The molecule has 1 aromatic heterocycles. The molecular formula is C21H27N3O6S3. The van der Waals surface area contributed by atoms with Gasteiger partial charge in [-0.25, -0.2) is 4.79 Å². The minimum absolute atomic E-state index is 0.0734. The first kappa shape index (κ1) is 26.7. The molecular weight excluding hydrogens is 486 g/mol. The number of urea groups is 1. The van der Waals surface area contributed by atoms with Crippen molar-refractivity contribution in [1.82, 2.24) is 14.3 Å². The van der Waals surface area contributed by atoms with Crippen LogP contribution in [0, 0.1) is 0 Å². The van der Waals surface area contributed by atoms with E-state index in [4.69, 9.17) is 9.47 Å². The van der Waals surface area contributed by atoms with Crippen LogP contribution in [0.5, 0.6) is 5.75 Å². The van der Waals surface area contributed by atoms with Crippen LogP contribution in [0.2, 0.25) is 0 Å². The molecule has 33 heavy (non-hydrogen) atoms. The molecule has 0 saturated carbocycles. The summed E-state index contributed by atoms with van der Waals surface area (Å²) in [6, 6.07) is 7.51. The molecule has 0 aliphatic heterocycles. The van der Waals surface area contributed by atoms with E-state index in [9.17, 15) is 18.0 Å². The zero-order valence-corrected chi connectivity index (χ0v) is 20.8. The van der Waals surface area contributed by atoms with Gasteiger partial charge < -0.3 is 20.1 Å². The molecule has 0 aliphatic rings. The highest BCUT2D eigenvalue weighted by Gasteiger charge is 2.30. The van der Waals surface area contributed by atoms with Gasteiger partial charge in [0, 0.05) is 31.2 Å². The Bertz CT molecular complexity index is 1060. The highest BCUT2D eigenvalue weighted by Crippen LogP contribution is 2.29. The maximum Gasteiger partial charge on any atom is 0.341 e. The molecule has 2 rings (SSSR count). The quantitative estimate of drug-likeness (QED) is 0.228. The molecule has 0 bridgehead atoms. The molecule has 1 heterocycles. The highest BCUT2D eigenvalue weighted by molar-refractivity contribution is 8.00. The van der Waals surface area contributed by atoms with Gasteiger partial charge in [0.15, 0.2) is 0 Å². The van der Waals surface area contributed by atoms with Crippen LogP contribution in [0.3, 0.4) is 0 Å². The van der Waals surface area contributed by atoms with Crippen molar-refractivity contribution in [3.05, 3.63) is 52.2 Å². The van der Waals surface area contributed by atoms with Crippen molar-refractivity contribution in [3.8, 4) is 5.75 Å². The Balaban J connectivity index is 2.13. The van der Waals surface area contributed by atoms with Gasteiger partial charge in [0.25, 0.3) is 10.0 Å². The van der Waals surface area contributed by atoms with Crippen LogP contribution in [-0.2, 0) is 26.0 Å². The summed E-state index contributed by atoms with van der Waals surface area (Å²) in [5.74, 6) is -0.183. The Hall–Kier alpha value is -2.54. The standard InChI is InChI=1S/C21H27N3O6S3/c1-3-29-12-13-30-18-8-6-16(15-19(18)33(27,28)24(31)21(26)22-2)10-11-23-20(25)9-7-17-5-4-14-32-17/h4-9,14-15,31H,3,10-13H2,1-2H3,(H,22,26)(H,23,25). The second-order valence-corrected chi connectivity index (χ2v) is 9.92. The lowest BCUT2D eigenvalue weighted by Gasteiger charge is -2.19. The molecule has 3 amide bonds. The van der Waals surface area contributed by atoms with Gasteiger partial charge >= 0.3 is 6.03 Å². The minimum Gasteiger partial charge on any atom is -0.490 e. The third kappa shape index (κ3) is 8.07. The Labute approximate surface area is 203 Å². The maximum absolute atomic E-state index is 13.0. The molecule has 180 valence electrons. The van der Waals surface area contributed by atoms with E-state index < -0.39 is 16.1 Å². The fourth-order valence-corrected chi connectivity index (χ4v) is 4.77. The number of ether oxygens (including phenoxy) is 2. The molecule has 1 aromatic carbocycles. The van der Waals surface area contributed by atoms with Gasteiger partial charge in [0.1, 0.15) is 17.3 Å². The summed E-state index contributed by atoms with van der Waals surface area (Å²) in [5, 5.41) is 6.90. The van der Waals surface area contributed by atoms with Crippen molar-refractivity contribution in [2.24, 2.45) is 0 Å². The number of thiol groups is 1. The van der Waals surface area contributed by atoms with Gasteiger partial charge in [-0.05, 0) is 61.4 Å². The lowest BCUT2D eigenvalue weighted by atomic mass is 10.1. The molecule has 2 aromatic rings. The van der Waals surface area contributed by atoms with Gasteiger partial charge in [0.2, 0.25) is 5.91 Å². The van der Waals surface area contributed by atoms with Crippen LogP contribution in [-0.4, -0.2) is 57.5 Å². The second kappa shape index (κ2) is 13.2. The van der Waals surface area contributed by atoms with E-state index >= 15 is 0 Å². The zero-order valence-electron chi connectivity index (χ0n) is 18.3. The zero-order chi connectivity index (χ0) is 24.3. The van der Waals surface area contributed by atoms with Crippen molar-refractivity contribution in [1.29, 1.82) is 0 Å². The van der Waals surface area contributed by atoms with E-state index in [1.54, 1.807) is 12.1 Å². The number of rotatable bonds is 12. The van der Waals surface area contributed by atoms with Crippen LogP contribution >= 0.6 is 24.2 Å². The molecule has 12 heteroatoms. The number of hydrogen-bond acceptors (Lipinski definition) is 8. The largest absolute Gasteiger partial charge is 0.490 e. The smallest absolute Gasteiger partial charge is 0.341 e. The number of nitrogens with one attached hydrogen (secondary N) is 2. The first-order valence-electron chi connectivity index (χ1n) is 10.1. The van der Waals surface area contributed by atoms with E-state index in [1.807, 2.05) is 24.4 Å². The highest BCUT2D eigenvalue weighted by atomic mass is 32.3. The lowest BCUT2D eigenvalue weighted by molar-refractivity contribution is -0.116. The Kier molecular flexibility index (Phi) is 10.7.